The summed E-state index contributed by atoms with van der Waals surface area (Å²) < 4.78 is 27.1. The number of nitrogens with zero attached hydrogens (tertiary/aromatic N) is 1. The van der Waals surface area contributed by atoms with E-state index in [-0.39, 0.29) is 6.54 Å². The Kier molecular flexibility index (Phi) is 5.20. The lowest BCUT2D eigenvalue weighted by Crippen LogP contribution is -2.41. The van der Waals surface area contributed by atoms with E-state index in [1.54, 1.807) is 0 Å². The van der Waals surface area contributed by atoms with E-state index >= 15 is 0 Å². The molecule has 0 aliphatic carbocycles. The van der Waals surface area contributed by atoms with Gasteiger partial charge in [-0.1, -0.05) is 6.07 Å². The van der Waals surface area contributed by atoms with Gasteiger partial charge in [-0.2, -0.15) is 0 Å². The first-order valence-corrected chi connectivity index (χ1v) is 6.96. The maximum atomic E-state index is 13.6. The third kappa shape index (κ3) is 3.61. The minimum Gasteiger partial charge on any atom is -0.319 e. The Labute approximate surface area is 118 Å². The summed E-state index contributed by atoms with van der Waals surface area (Å²) in [6.07, 6.45) is 2.14. The van der Waals surface area contributed by atoms with Crippen molar-refractivity contribution in [3.05, 3.63) is 35.4 Å². The van der Waals surface area contributed by atoms with Crippen LogP contribution in [0.25, 0.3) is 0 Å². The number of Topliss-reactive ketones (excluding diaryl/α,β-unsaturated/α-hetero) is 1. The van der Waals surface area contributed by atoms with E-state index in [4.69, 9.17) is 0 Å². The average Bonchev–Trinajstić information content (AvgIpc) is 2.39. The van der Waals surface area contributed by atoms with Crippen molar-refractivity contribution < 1.29 is 13.6 Å². The summed E-state index contributed by atoms with van der Waals surface area (Å²) in [5, 5.41) is 3.13. The normalized spacial score (nSPS) is 20.1. The molecule has 1 fully saturated rings. The number of rotatable bonds is 5. The van der Waals surface area contributed by atoms with Crippen LogP contribution in [0.15, 0.2) is 18.2 Å². The van der Waals surface area contributed by atoms with Crippen LogP contribution in [-0.2, 0) is 0 Å². The van der Waals surface area contributed by atoms with Crippen molar-refractivity contribution >= 4 is 5.78 Å². The van der Waals surface area contributed by atoms with E-state index < -0.39 is 23.0 Å². The van der Waals surface area contributed by atoms with E-state index in [2.05, 4.69) is 5.32 Å². The molecule has 1 atom stereocenters. The molecule has 1 aliphatic heterocycles. The van der Waals surface area contributed by atoms with Crippen LogP contribution in [-0.4, -0.2) is 43.9 Å². The lowest BCUT2D eigenvalue weighted by atomic mass is 9.97. The van der Waals surface area contributed by atoms with E-state index in [9.17, 15) is 13.6 Å². The van der Waals surface area contributed by atoms with Gasteiger partial charge in [0, 0.05) is 6.54 Å². The van der Waals surface area contributed by atoms with E-state index in [1.165, 1.54) is 6.07 Å². The second kappa shape index (κ2) is 6.90. The molecule has 1 aromatic carbocycles. The van der Waals surface area contributed by atoms with Crippen LogP contribution in [0.3, 0.4) is 0 Å². The van der Waals surface area contributed by atoms with Gasteiger partial charge in [0.15, 0.2) is 5.78 Å². The van der Waals surface area contributed by atoms with Crippen LogP contribution in [0.1, 0.15) is 23.2 Å². The van der Waals surface area contributed by atoms with Crippen LogP contribution in [0.5, 0.6) is 0 Å². The molecule has 110 valence electrons. The molecule has 1 heterocycles. The van der Waals surface area contributed by atoms with Gasteiger partial charge < -0.3 is 5.32 Å². The number of likely N-dealkylation sites (tertiary alicyclic amines) is 1. The molecule has 0 bridgehead atoms. The second-order valence-corrected chi connectivity index (χ2v) is 5.32. The SMILES string of the molecule is CNCC1CCCN(CC(=O)c2c(F)cccc2F)C1. The number of piperidine rings is 1. The smallest absolute Gasteiger partial charge is 0.182 e. The molecule has 0 aromatic heterocycles. The highest BCUT2D eigenvalue weighted by molar-refractivity contribution is 5.98. The molecule has 0 saturated carbocycles. The minimum atomic E-state index is -0.779. The van der Waals surface area contributed by atoms with Crippen molar-refractivity contribution in [2.75, 3.05) is 33.2 Å². The molecule has 2 rings (SSSR count). The zero-order valence-corrected chi connectivity index (χ0v) is 11.7. The molecule has 0 amide bonds. The third-order valence-electron chi connectivity index (χ3n) is 3.70. The maximum absolute atomic E-state index is 13.6. The van der Waals surface area contributed by atoms with Crippen molar-refractivity contribution in [1.29, 1.82) is 0 Å². The second-order valence-electron chi connectivity index (χ2n) is 5.32. The predicted molar refractivity (Wildman–Crippen MR) is 73.8 cm³/mol. The molecular formula is C15H20F2N2O. The Bertz CT molecular complexity index is 457. The fraction of sp³-hybridized carbons (Fsp3) is 0.533. The van der Waals surface area contributed by atoms with Gasteiger partial charge in [0.25, 0.3) is 0 Å². The van der Waals surface area contributed by atoms with Crippen molar-refractivity contribution in [3.8, 4) is 0 Å². The van der Waals surface area contributed by atoms with Gasteiger partial charge in [-0.3, -0.25) is 9.69 Å². The number of hydrogen-bond acceptors (Lipinski definition) is 3. The van der Waals surface area contributed by atoms with Gasteiger partial charge in [0.05, 0.1) is 12.1 Å². The Balaban J connectivity index is 2.01. The van der Waals surface area contributed by atoms with Crippen LogP contribution < -0.4 is 5.32 Å². The van der Waals surface area contributed by atoms with Gasteiger partial charge in [0.2, 0.25) is 0 Å². The summed E-state index contributed by atoms with van der Waals surface area (Å²) >= 11 is 0. The highest BCUT2D eigenvalue weighted by Gasteiger charge is 2.24. The Morgan fingerprint density at radius 1 is 1.40 bits per heavy atom. The molecule has 1 N–H and O–H groups in total. The van der Waals surface area contributed by atoms with Gasteiger partial charge in [0.1, 0.15) is 11.6 Å². The molecule has 0 spiro atoms. The summed E-state index contributed by atoms with van der Waals surface area (Å²) in [4.78, 5) is 14.1. The lowest BCUT2D eigenvalue weighted by molar-refractivity contribution is 0.0878. The highest BCUT2D eigenvalue weighted by atomic mass is 19.1. The Hall–Kier alpha value is -1.33. The van der Waals surface area contributed by atoms with Crippen molar-refractivity contribution in [1.82, 2.24) is 10.2 Å². The van der Waals surface area contributed by atoms with E-state index in [0.717, 1.165) is 44.6 Å². The number of hydrogen-bond donors (Lipinski definition) is 1. The summed E-state index contributed by atoms with van der Waals surface area (Å²) in [7, 11) is 1.90. The van der Waals surface area contributed by atoms with Gasteiger partial charge in [-0.15, -0.1) is 0 Å². The summed E-state index contributed by atoms with van der Waals surface area (Å²) in [5.74, 6) is -1.55. The van der Waals surface area contributed by atoms with Crippen LogP contribution in [0.4, 0.5) is 8.78 Å². The van der Waals surface area contributed by atoms with Crippen molar-refractivity contribution in [2.24, 2.45) is 5.92 Å². The van der Waals surface area contributed by atoms with Crippen LogP contribution >= 0.6 is 0 Å². The number of carbonyl (C=O) groups is 1. The lowest BCUT2D eigenvalue weighted by Gasteiger charge is -2.32. The fourth-order valence-electron chi connectivity index (χ4n) is 2.80. The summed E-state index contributed by atoms with van der Waals surface area (Å²) in [5.41, 5.74) is -0.414. The first kappa shape index (κ1) is 15.1. The molecule has 0 radical (unpaired) electrons. The molecule has 1 unspecified atom stereocenters. The quantitative estimate of drug-likeness (QED) is 0.839. The summed E-state index contributed by atoms with van der Waals surface area (Å²) in [6.45, 7) is 2.58. The zero-order valence-electron chi connectivity index (χ0n) is 11.7. The van der Waals surface area contributed by atoms with Gasteiger partial charge in [-0.05, 0) is 51.0 Å². The maximum Gasteiger partial charge on any atom is 0.182 e. The average molecular weight is 282 g/mol. The number of ketones is 1. The monoisotopic (exact) mass is 282 g/mol. The molecular weight excluding hydrogens is 262 g/mol. The topological polar surface area (TPSA) is 32.3 Å². The minimum absolute atomic E-state index is 0.0814. The van der Waals surface area contributed by atoms with Crippen molar-refractivity contribution in [2.45, 2.75) is 12.8 Å². The highest BCUT2D eigenvalue weighted by Crippen LogP contribution is 2.18. The largest absolute Gasteiger partial charge is 0.319 e. The Morgan fingerprint density at radius 2 is 2.10 bits per heavy atom. The zero-order chi connectivity index (χ0) is 14.5. The van der Waals surface area contributed by atoms with E-state index in [1.807, 2.05) is 11.9 Å². The molecule has 20 heavy (non-hydrogen) atoms. The standard InChI is InChI=1S/C15H20F2N2O/c1-18-8-11-4-3-7-19(9-11)10-14(20)15-12(16)5-2-6-13(15)17/h2,5-6,11,18H,3-4,7-10H2,1H3. The van der Waals surface area contributed by atoms with E-state index in [0.29, 0.717) is 5.92 Å². The molecule has 1 saturated heterocycles. The molecule has 1 aliphatic rings. The van der Waals surface area contributed by atoms with Crippen molar-refractivity contribution in [3.63, 3.8) is 0 Å². The number of benzene rings is 1. The number of halogens is 2. The van der Waals surface area contributed by atoms with Crippen LogP contribution in [0, 0.1) is 17.6 Å². The predicted octanol–water partition coefficient (Wildman–Crippen LogP) is 2.08. The van der Waals surface area contributed by atoms with Gasteiger partial charge >= 0.3 is 0 Å². The number of carbonyl (C=O) groups excluding carboxylic acids is 1. The van der Waals surface area contributed by atoms with Crippen LogP contribution in [0.2, 0.25) is 0 Å². The van der Waals surface area contributed by atoms with Gasteiger partial charge in [-0.25, -0.2) is 8.78 Å². The Morgan fingerprint density at radius 3 is 2.75 bits per heavy atom. The first-order valence-electron chi connectivity index (χ1n) is 6.96. The molecule has 1 aromatic rings. The molecule has 5 heteroatoms. The summed E-state index contributed by atoms with van der Waals surface area (Å²) in [6, 6.07) is 3.51. The first-order chi connectivity index (χ1) is 9.61. The number of nitrogens with one attached hydrogen (secondary N) is 1. The third-order valence-corrected chi connectivity index (χ3v) is 3.70. The fourth-order valence-corrected chi connectivity index (χ4v) is 2.80. The molecule has 3 nitrogen and oxygen atoms in total.